The second-order valence-corrected chi connectivity index (χ2v) is 3.30. The Morgan fingerprint density at radius 2 is 2.38 bits per heavy atom. The minimum absolute atomic E-state index is 0.0468. The highest BCUT2D eigenvalue weighted by Crippen LogP contribution is 1.97. The lowest BCUT2D eigenvalue weighted by Crippen LogP contribution is -2.27. The van der Waals surface area contributed by atoms with Crippen LogP contribution in [0.15, 0.2) is 12.4 Å². The van der Waals surface area contributed by atoms with Crippen LogP contribution < -0.4 is 5.32 Å². The van der Waals surface area contributed by atoms with Crippen LogP contribution in [0.3, 0.4) is 0 Å². The van der Waals surface area contributed by atoms with E-state index in [4.69, 9.17) is 0 Å². The number of carbonyl (C=O) groups is 1. The van der Waals surface area contributed by atoms with Crippen LogP contribution in [0.2, 0.25) is 0 Å². The maximum atomic E-state index is 11.2. The largest absolute Gasteiger partial charge is 0.337 e. The lowest BCUT2D eigenvalue weighted by Gasteiger charge is -2.06. The average Bonchev–Trinajstić information content (AvgIpc) is 2.51. The SMILES string of the molecule is CC(C)CC(=O)NCn1ccnn1. The summed E-state index contributed by atoms with van der Waals surface area (Å²) in [6, 6.07) is 0. The monoisotopic (exact) mass is 182 g/mol. The van der Waals surface area contributed by atoms with E-state index in [-0.39, 0.29) is 5.91 Å². The third-order valence-corrected chi connectivity index (χ3v) is 1.50. The molecule has 1 aromatic heterocycles. The first-order valence-electron chi connectivity index (χ1n) is 4.29. The molecule has 13 heavy (non-hydrogen) atoms. The molecule has 0 fully saturated rings. The molecule has 0 spiro atoms. The normalized spacial score (nSPS) is 10.4. The fourth-order valence-electron chi connectivity index (χ4n) is 0.929. The zero-order chi connectivity index (χ0) is 9.68. The Balaban J connectivity index is 2.23. The molecule has 0 aliphatic carbocycles. The molecule has 0 bridgehead atoms. The van der Waals surface area contributed by atoms with Gasteiger partial charge in [-0.25, -0.2) is 4.68 Å². The second-order valence-electron chi connectivity index (χ2n) is 3.30. The van der Waals surface area contributed by atoms with E-state index in [0.29, 0.717) is 19.0 Å². The van der Waals surface area contributed by atoms with Crippen molar-refractivity contribution >= 4 is 5.91 Å². The van der Waals surface area contributed by atoms with Gasteiger partial charge in [-0.3, -0.25) is 4.79 Å². The lowest BCUT2D eigenvalue weighted by atomic mass is 10.1. The van der Waals surface area contributed by atoms with Gasteiger partial charge in [-0.1, -0.05) is 19.1 Å². The van der Waals surface area contributed by atoms with E-state index < -0.39 is 0 Å². The molecule has 0 saturated heterocycles. The number of nitrogens with zero attached hydrogens (tertiary/aromatic N) is 3. The van der Waals surface area contributed by atoms with Crippen molar-refractivity contribution in [3.63, 3.8) is 0 Å². The Hall–Kier alpha value is -1.39. The number of aromatic nitrogens is 3. The summed E-state index contributed by atoms with van der Waals surface area (Å²) in [6.45, 7) is 4.41. The van der Waals surface area contributed by atoms with Crippen molar-refractivity contribution in [2.24, 2.45) is 5.92 Å². The summed E-state index contributed by atoms with van der Waals surface area (Å²) in [7, 11) is 0. The first-order chi connectivity index (χ1) is 6.18. The maximum absolute atomic E-state index is 11.2. The van der Waals surface area contributed by atoms with E-state index in [2.05, 4.69) is 15.6 Å². The highest BCUT2D eigenvalue weighted by atomic mass is 16.1. The predicted octanol–water partition coefficient (Wildman–Crippen LogP) is 0.398. The molecule has 0 aliphatic heterocycles. The molecule has 0 aliphatic rings. The lowest BCUT2D eigenvalue weighted by molar-refractivity contribution is -0.122. The van der Waals surface area contributed by atoms with E-state index in [1.165, 1.54) is 0 Å². The summed E-state index contributed by atoms with van der Waals surface area (Å²) in [5, 5.41) is 10.1. The van der Waals surface area contributed by atoms with Crippen LogP contribution in [0.5, 0.6) is 0 Å². The molecule has 5 heteroatoms. The van der Waals surface area contributed by atoms with Gasteiger partial charge in [0, 0.05) is 12.6 Å². The molecule has 0 aromatic carbocycles. The van der Waals surface area contributed by atoms with E-state index in [1.807, 2.05) is 13.8 Å². The van der Waals surface area contributed by atoms with Gasteiger partial charge in [0.25, 0.3) is 0 Å². The molecule has 1 N–H and O–H groups in total. The smallest absolute Gasteiger partial charge is 0.221 e. The minimum atomic E-state index is 0.0468. The van der Waals surface area contributed by atoms with Gasteiger partial charge in [0.15, 0.2) is 0 Å². The third-order valence-electron chi connectivity index (χ3n) is 1.50. The number of nitrogens with one attached hydrogen (secondary N) is 1. The molecule has 0 saturated carbocycles. The van der Waals surface area contributed by atoms with Crippen molar-refractivity contribution in [1.82, 2.24) is 20.3 Å². The van der Waals surface area contributed by atoms with Crippen LogP contribution in [0.1, 0.15) is 20.3 Å². The molecule has 1 aromatic rings. The van der Waals surface area contributed by atoms with Gasteiger partial charge in [-0.05, 0) is 5.92 Å². The standard InChI is InChI=1S/C8H14N4O/c1-7(2)5-8(13)9-6-12-4-3-10-11-12/h3-4,7H,5-6H2,1-2H3,(H,9,13). The van der Waals surface area contributed by atoms with Crippen molar-refractivity contribution in [1.29, 1.82) is 0 Å². The van der Waals surface area contributed by atoms with Gasteiger partial charge in [-0.2, -0.15) is 0 Å². The van der Waals surface area contributed by atoms with Gasteiger partial charge >= 0.3 is 0 Å². The number of carbonyl (C=O) groups excluding carboxylic acids is 1. The molecule has 0 unspecified atom stereocenters. The molecular weight excluding hydrogens is 168 g/mol. The number of hydrogen-bond donors (Lipinski definition) is 1. The predicted molar refractivity (Wildman–Crippen MR) is 47.6 cm³/mol. The molecule has 5 nitrogen and oxygen atoms in total. The highest BCUT2D eigenvalue weighted by molar-refractivity contribution is 5.75. The van der Waals surface area contributed by atoms with E-state index in [9.17, 15) is 4.79 Å². The Bertz CT molecular complexity index is 255. The molecule has 1 rings (SSSR count). The van der Waals surface area contributed by atoms with Crippen LogP contribution in [0.4, 0.5) is 0 Å². The number of hydrogen-bond acceptors (Lipinski definition) is 3. The summed E-state index contributed by atoms with van der Waals surface area (Å²) in [5.41, 5.74) is 0. The molecule has 0 radical (unpaired) electrons. The van der Waals surface area contributed by atoms with E-state index in [0.717, 1.165) is 0 Å². The molecule has 1 amide bonds. The van der Waals surface area contributed by atoms with E-state index >= 15 is 0 Å². The van der Waals surface area contributed by atoms with Crippen LogP contribution in [0.25, 0.3) is 0 Å². The van der Waals surface area contributed by atoms with Crippen LogP contribution in [0, 0.1) is 5.92 Å². The fourth-order valence-corrected chi connectivity index (χ4v) is 0.929. The van der Waals surface area contributed by atoms with Crippen molar-refractivity contribution in [3.8, 4) is 0 Å². The second kappa shape index (κ2) is 4.59. The molecule has 72 valence electrons. The van der Waals surface area contributed by atoms with Gasteiger partial charge < -0.3 is 5.32 Å². The number of amides is 1. The van der Waals surface area contributed by atoms with Crippen molar-refractivity contribution in [3.05, 3.63) is 12.4 Å². The third kappa shape index (κ3) is 3.68. The molecule has 0 atom stereocenters. The minimum Gasteiger partial charge on any atom is -0.337 e. The zero-order valence-corrected chi connectivity index (χ0v) is 7.90. The van der Waals surface area contributed by atoms with Gasteiger partial charge in [0.05, 0.1) is 6.20 Å². The molecule has 1 heterocycles. The maximum Gasteiger partial charge on any atom is 0.221 e. The first-order valence-corrected chi connectivity index (χ1v) is 4.29. The van der Waals surface area contributed by atoms with Gasteiger partial charge in [0.2, 0.25) is 5.91 Å². The summed E-state index contributed by atoms with van der Waals surface area (Å²) >= 11 is 0. The highest BCUT2D eigenvalue weighted by Gasteiger charge is 2.03. The van der Waals surface area contributed by atoms with Crippen molar-refractivity contribution in [2.75, 3.05) is 0 Å². The van der Waals surface area contributed by atoms with Crippen molar-refractivity contribution in [2.45, 2.75) is 26.9 Å². The zero-order valence-electron chi connectivity index (χ0n) is 7.90. The summed E-state index contributed by atoms with van der Waals surface area (Å²) in [4.78, 5) is 11.2. The molecular formula is C8H14N4O. The Morgan fingerprint density at radius 3 is 2.92 bits per heavy atom. The van der Waals surface area contributed by atoms with Crippen LogP contribution >= 0.6 is 0 Å². The fraction of sp³-hybridized carbons (Fsp3) is 0.625. The summed E-state index contributed by atoms with van der Waals surface area (Å²) in [5.74, 6) is 0.432. The van der Waals surface area contributed by atoms with Gasteiger partial charge in [0.1, 0.15) is 6.67 Å². The van der Waals surface area contributed by atoms with E-state index in [1.54, 1.807) is 17.1 Å². The topological polar surface area (TPSA) is 59.8 Å². The van der Waals surface area contributed by atoms with Crippen LogP contribution in [-0.4, -0.2) is 20.9 Å². The Labute approximate surface area is 77.1 Å². The quantitative estimate of drug-likeness (QED) is 0.733. The van der Waals surface area contributed by atoms with Crippen LogP contribution in [-0.2, 0) is 11.5 Å². The number of rotatable bonds is 4. The summed E-state index contributed by atoms with van der Waals surface area (Å²) in [6.07, 6.45) is 3.83. The average molecular weight is 182 g/mol. The first kappa shape index (κ1) is 9.70. The Kier molecular flexibility index (Phi) is 3.42. The Morgan fingerprint density at radius 1 is 1.62 bits per heavy atom. The van der Waals surface area contributed by atoms with Gasteiger partial charge in [-0.15, -0.1) is 5.10 Å². The van der Waals surface area contributed by atoms with Crippen molar-refractivity contribution < 1.29 is 4.79 Å². The summed E-state index contributed by atoms with van der Waals surface area (Å²) < 4.78 is 1.57.